The summed E-state index contributed by atoms with van der Waals surface area (Å²) in [4.78, 5) is 12.9. The molecule has 5 heteroatoms. The predicted molar refractivity (Wildman–Crippen MR) is 78.0 cm³/mol. The number of carbonyl (C=O) groups is 1. The van der Waals surface area contributed by atoms with Gasteiger partial charge in [-0.25, -0.2) is 4.39 Å². The number of hydrogen-bond donors (Lipinski definition) is 0. The molecule has 0 saturated carbocycles. The van der Waals surface area contributed by atoms with E-state index in [1.165, 1.54) is 18.2 Å². The Morgan fingerprint density at radius 2 is 1.73 bits per heavy atom. The minimum absolute atomic E-state index is 0.0154. The number of benzene rings is 2. The fraction of sp³-hybridized carbons (Fsp3) is 0.118. The van der Waals surface area contributed by atoms with E-state index in [-0.39, 0.29) is 11.3 Å². The van der Waals surface area contributed by atoms with Gasteiger partial charge >= 0.3 is 11.8 Å². The lowest BCUT2D eigenvalue weighted by atomic mass is 10.1. The molecule has 22 heavy (non-hydrogen) atoms. The third-order valence-electron chi connectivity index (χ3n) is 3.46. The highest BCUT2D eigenvalue weighted by atomic mass is 19.3. The van der Waals surface area contributed by atoms with Gasteiger partial charge in [-0.2, -0.15) is 8.78 Å². The maximum Gasteiger partial charge on any atom is 0.346 e. The summed E-state index contributed by atoms with van der Waals surface area (Å²) >= 11 is 0. The van der Waals surface area contributed by atoms with Crippen LogP contribution in [-0.2, 0) is 4.79 Å². The van der Waals surface area contributed by atoms with Crippen LogP contribution in [0.5, 0.6) is 0 Å². The first-order chi connectivity index (χ1) is 10.4. The molecule has 0 saturated heterocycles. The molecule has 0 aromatic heterocycles. The maximum atomic E-state index is 13.8. The molecular formula is C17H12F3NO. The number of rotatable bonds is 2. The SMILES string of the molecule is Cc1ccc(N2C(=O)C(F)(F)C=C2c2cccc(F)c2)cc1. The van der Waals surface area contributed by atoms with Crippen LogP contribution in [0.2, 0.25) is 0 Å². The Kier molecular flexibility index (Phi) is 3.28. The number of nitrogens with zero attached hydrogens (tertiary/aromatic N) is 1. The van der Waals surface area contributed by atoms with Crippen LogP contribution in [0.15, 0.2) is 54.6 Å². The van der Waals surface area contributed by atoms with Gasteiger partial charge in [0, 0.05) is 17.3 Å². The summed E-state index contributed by atoms with van der Waals surface area (Å²) in [7, 11) is 0. The second-order valence-corrected chi connectivity index (χ2v) is 5.14. The molecule has 0 fully saturated rings. The van der Waals surface area contributed by atoms with Crippen molar-refractivity contribution in [1.82, 2.24) is 0 Å². The molecule has 0 unspecified atom stereocenters. The average Bonchev–Trinajstić information content (AvgIpc) is 2.71. The molecular weight excluding hydrogens is 291 g/mol. The highest BCUT2D eigenvalue weighted by molar-refractivity contribution is 6.15. The number of carbonyl (C=O) groups excluding carboxylic acids is 1. The van der Waals surface area contributed by atoms with Gasteiger partial charge in [0.2, 0.25) is 0 Å². The van der Waals surface area contributed by atoms with Gasteiger partial charge in [-0.15, -0.1) is 0 Å². The summed E-state index contributed by atoms with van der Waals surface area (Å²) in [5.41, 5.74) is 1.48. The minimum Gasteiger partial charge on any atom is -0.275 e. The van der Waals surface area contributed by atoms with Crippen molar-refractivity contribution in [2.24, 2.45) is 0 Å². The highest BCUT2D eigenvalue weighted by Gasteiger charge is 2.48. The smallest absolute Gasteiger partial charge is 0.275 e. The third kappa shape index (κ3) is 2.39. The molecule has 0 bridgehead atoms. The van der Waals surface area contributed by atoms with E-state index >= 15 is 0 Å². The number of amides is 1. The zero-order valence-electron chi connectivity index (χ0n) is 11.7. The van der Waals surface area contributed by atoms with E-state index < -0.39 is 17.6 Å². The van der Waals surface area contributed by atoms with Gasteiger partial charge in [-0.1, -0.05) is 29.8 Å². The first-order valence-electron chi connectivity index (χ1n) is 6.66. The van der Waals surface area contributed by atoms with E-state index in [9.17, 15) is 18.0 Å². The number of halogens is 3. The molecule has 2 aromatic rings. The van der Waals surface area contributed by atoms with E-state index in [2.05, 4.69) is 0 Å². The van der Waals surface area contributed by atoms with Crippen LogP contribution in [0.4, 0.5) is 18.9 Å². The molecule has 0 spiro atoms. The normalized spacial score (nSPS) is 16.8. The first kappa shape index (κ1) is 14.4. The predicted octanol–water partition coefficient (Wildman–Crippen LogP) is 4.16. The monoisotopic (exact) mass is 303 g/mol. The van der Waals surface area contributed by atoms with E-state index in [1.54, 1.807) is 24.3 Å². The van der Waals surface area contributed by atoms with Gasteiger partial charge in [0.15, 0.2) is 0 Å². The van der Waals surface area contributed by atoms with Crippen molar-refractivity contribution in [3.63, 3.8) is 0 Å². The molecule has 1 heterocycles. The lowest BCUT2D eigenvalue weighted by Crippen LogP contribution is -2.34. The quantitative estimate of drug-likeness (QED) is 0.816. The van der Waals surface area contributed by atoms with Crippen LogP contribution in [0.1, 0.15) is 11.1 Å². The summed E-state index contributed by atoms with van der Waals surface area (Å²) in [6.07, 6.45) is 0.573. The second kappa shape index (κ2) is 5.02. The van der Waals surface area contributed by atoms with E-state index in [1.807, 2.05) is 6.92 Å². The van der Waals surface area contributed by atoms with Gasteiger partial charge in [-0.05, 0) is 31.2 Å². The van der Waals surface area contributed by atoms with Crippen LogP contribution in [0.25, 0.3) is 5.70 Å². The lowest BCUT2D eigenvalue weighted by Gasteiger charge is -2.21. The largest absolute Gasteiger partial charge is 0.346 e. The Bertz CT molecular complexity index is 766. The van der Waals surface area contributed by atoms with E-state index in [4.69, 9.17) is 0 Å². The second-order valence-electron chi connectivity index (χ2n) is 5.14. The van der Waals surface area contributed by atoms with Crippen molar-refractivity contribution in [1.29, 1.82) is 0 Å². The molecule has 0 radical (unpaired) electrons. The van der Waals surface area contributed by atoms with Gasteiger partial charge in [-0.3, -0.25) is 9.69 Å². The van der Waals surface area contributed by atoms with Gasteiger partial charge in [0.1, 0.15) is 5.82 Å². The van der Waals surface area contributed by atoms with Crippen molar-refractivity contribution < 1.29 is 18.0 Å². The molecule has 2 aromatic carbocycles. The summed E-state index contributed by atoms with van der Waals surface area (Å²) in [6.45, 7) is 1.85. The summed E-state index contributed by atoms with van der Waals surface area (Å²) in [5, 5.41) is 0. The zero-order chi connectivity index (χ0) is 15.9. The molecule has 2 nitrogen and oxygen atoms in total. The summed E-state index contributed by atoms with van der Waals surface area (Å²) in [5.74, 6) is -5.49. The van der Waals surface area contributed by atoms with Crippen molar-refractivity contribution in [2.75, 3.05) is 4.90 Å². The maximum absolute atomic E-state index is 13.8. The fourth-order valence-electron chi connectivity index (χ4n) is 2.37. The lowest BCUT2D eigenvalue weighted by molar-refractivity contribution is -0.134. The summed E-state index contributed by atoms with van der Waals surface area (Å²) < 4.78 is 41.0. The fourth-order valence-corrected chi connectivity index (χ4v) is 2.37. The molecule has 0 atom stereocenters. The number of aryl methyl sites for hydroxylation is 1. The third-order valence-corrected chi connectivity index (χ3v) is 3.46. The van der Waals surface area contributed by atoms with Crippen LogP contribution in [0.3, 0.4) is 0 Å². The Morgan fingerprint density at radius 3 is 2.36 bits per heavy atom. The molecule has 112 valence electrons. The van der Waals surface area contributed by atoms with E-state index in [0.717, 1.165) is 16.5 Å². The van der Waals surface area contributed by atoms with Crippen LogP contribution in [0, 0.1) is 12.7 Å². The molecule has 0 N–H and O–H groups in total. The molecule has 3 rings (SSSR count). The Balaban J connectivity index is 2.12. The summed E-state index contributed by atoms with van der Waals surface area (Å²) in [6, 6.07) is 11.9. The topological polar surface area (TPSA) is 20.3 Å². The Labute approximate surface area is 125 Å². The van der Waals surface area contributed by atoms with Crippen molar-refractivity contribution >= 4 is 17.3 Å². The van der Waals surface area contributed by atoms with Crippen molar-refractivity contribution in [3.8, 4) is 0 Å². The van der Waals surface area contributed by atoms with E-state index in [0.29, 0.717) is 11.8 Å². The Hall–Kier alpha value is -2.56. The number of anilines is 1. The molecule has 0 aliphatic carbocycles. The number of alkyl halides is 2. The standard InChI is InChI=1S/C17H12F3NO/c1-11-5-7-14(8-6-11)21-15(10-17(19,20)16(21)22)12-3-2-4-13(18)9-12/h2-10H,1H3. The minimum atomic E-state index is -3.60. The highest BCUT2D eigenvalue weighted by Crippen LogP contribution is 2.39. The van der Waals surface area contributed by atoms with Gasteiger partial charge in [0.25, 0.3) is 0 Å². The van der Waals surface area contributed by atoms with Crippen molar-refractivity contribution in [2.45, 2.75) is 12.8 Å². The number of hydrogen-bond acceptors (Lipinski definition) is 1. The van der Waals surface area contributed by atoms with Crippen molar-refractivity contribution in [3.05, 3.63) is 71.6 Å². The van der Waals surface area contributed by atoms with Crippen LogP contribution in [-0.4, -0.2) is 11.8 Å². The average molecular weight is 303 g/mol. The molecule has 1 aliphatic rings. The first-order valence-corrected chi connectivity index (χ1v) is 6.66. The Morgan fingerprint density at radius 1 is 1.05 bits per heavy atom. The van der Waals surface area contributed by atoms with Gasteiger partial charge < -0.3 is 0 Å². The molecule has 1 aliphatic heterocycles. The molecule has 1 amide bonds. The van der Waals surface area contributed by atoms with Crippen LogP contribution >= 0.6 is 0 Å². The van der Waals surface area contributed by atoms with Gasteiger partial charge in [0.05, 0.1) is 5.70 Å². The van der Waals surface area contributed by atoms with Crippen LogP contribution < -0.4 is 4.90 Å². The zero-order valence-corrected chi connectivity index (χ0v) is 11.7.